The fraction of sp³-hybridized carbons (Fsp3) is 0.417. The molecule has 2 rings (SSSR count). The molecule has 0 aliphatic carbocycles. The van der Waals surface area contributed by atoms with Gasteiger partial charge in [0.05, 0.1) is 17.4 Å². The summed E-state index contributed by atoms with van der Waals surface area (Å²) in [5, 5.41) is 3.36. The smallest absolute Gasteiger partial charge is 0.147 e. The Morgan fingerprint density at radius 2 is 2.13 bits per heavy atom. The van der Waals surface area contributed by atoms with Gasteiger partial charge in [-0.1, -0.05) is 12.1 Å². The van der Waals surface area contributed by atoms with Crippen molar-refractivity contribution in [3.8, 4) is 0 Å². The topological polar surface area (TPSA) is 32.3 Å². The molecule has 1 aromatic rings. The molecule has 0 saturated carbocycles. The van der Waals surface area contributed by atoms with Crippen LogP contribution < -0.4 is 10.2 Å². The van der Waals surface area contributed by atoms with E-state index in [9.17, 15) is 4.79 Å². The zero-order valence-electron chi connectivity index (χ0n) is 9.32. The second kappa shape index (κ2) is 3.26. The van der Waals surface area contributed by atoms with Crippen molar-refractivity contribution in [1.82, 2.24) is 0 Å². The molecule has 1 aliphatic rings. The van der Waals surface area contributed by atoms with Crippen LogP contribution in [0.25, 0.3) is 0 Å². The highest BCUT2D eigenvalue weighted by Crippen LogP contribution is 2.36. The zero-order valence-corrected chi connectivity index (χ0v) is 9.32. The van der Waals surface area contributed by atoms with Crippen molar-refractivity contribution in [2.45, 2.75) is 25.4 Å². The van der Waals surface area contributed by atoms with E-state index in [2.05, 4.69) is 5.32 Å². The van der Waals surface area contributed by atoms with Gasteiger partial charge in [0.25, 0.3) is 0 Å². The molecule has 1 aromatic carbocycles. The van der Waals surface area contributed by atoms with Crippen LogP contribution in [0.4, 0.5) is 11.4 Å². The normalized spacial score (nSPS) is 29.3. The molecule has 15 heavy (non-hydrogen) atoms. The van der Waals surface area contributed by atoms with Crippen LogP contribution in [-0.2, 0) is 4.79 Å². The van der Waals surface area contributed by atoms with Gasteiger partial charge in [-0.2, -0.15) is 0 Å². The van der Waals surface area contributed by atoms with E-state index in [4.69, 9.17) is 0 Å². The number of para-hydroxylation sites is 2. The first kappa shape index (κ1) is 10.0. The lowest BCUT2D eigenvalue weighted by Crippen LogP contribution is -2.59. The Morgan fingerprint density at radius 3 is 2.80 bits per heavy atom. The lowest BCUT2D eigenvalue weighted by atomic mass is 9.89. The zero-order chi connectivity index (χ0) is 11.1. The summed E-state index contributed by atoms with van der Waals surface area (Å²) < 4.78 is 0. The first-order chi connectivity index (χ1) is 7.09. The van der Waals surface area contributed by atoms with Crippen molar-refractivity contribution in [3.63, 3.8) is 0 Å². The van der Waals surface area contributed by atoms with E-state index in [-0.39, 0.29) is 6.04 Å². The summed E-state index contributed by atoms with van der Waals surface area (Å²) in [4.78, 5) is 13.3. The van der Waals surface area contributed by atoms with Gasteiger partial charge in [-0.3, -0.25) is 0 Å². The number of nitrogens with zero attached hydrogens (tertiary/aromatic N) is 1. The molecule has 1 N–H and O–H groups in total. The van der Waals surface area contributed by atoms with Crippen LogP contribution in [0.5, 0.6) is 0 Å². The molecule has 2 unspecified atom stereocenters. The van der Waals surface area contributed by atoms with Gasteiger partial charge in [-0.05, 0) is 26.0 Å². The summed E-state index contributed by atoms with van der Waals surface area (Å²) in [6.45, 7) is 3.98. The number of fused-ring (bicyclic) bond motifs is 1. The minimum absolute atomic E-state index is 0.106. The van der Waals surface area contributed by atoms with Gasteiger partial charge in [-0.15, -0.1) is 0 Å². The Morgan fingerprint density at radius 1 is 1.47 bits per heavy atom. The third-order valence-electron chi connectivity index (χ3n) is 3.48. The summed E-state index contributed by atoms with van der Waals surface area (Å²) >= 11 is 0. The van der Waals surface area contributed by atoms with Crippen LogP contribution in [0.3, 0.4) is 0 Å². The van der Waals surface area contributed by atoms with E-state index in [1.54, 1.807) is 0 Å². The van der Waals surface area contributed by atoms with Crippen molar-refractivity contribution in [2.24, 2.45) is 0 Å². The second-order valence-corrected chi connectivity index (χ2v) is 4.29. The average Bonchev–Trinajstić information content (AvgIpc) is 2.26. The first-order valence-electron chi connectivity index (χ1n) is 5.15. The molecule has 0 radical (unpaired) electrons. The highest BCUT2D eigenvalue weighted by molar-refractivity contribution is 5.83. The summed E-state index contributed by atoms with van der Waals surface area (Å²) in [5.41, 5.74) is 1.69. The van der Waals surface area contributed by atoms with Gasteiger partial charge in [0.15, 0.2) is 0 Å². The molecule has 3 heteroatoms. The Balaban J connectivity index is 2.52. The van der Waals surface area contributed by atoms with Crippen LogP contribution >= 0.6 is 0 Å². The maximum Gasteiger partial charge on any atom is 0.147 e. The molecule has 0 bridgehead atoms. The molecule has 80 valence electrons. The predicted octanol–water partition coefficient (Wildman–Crippen LogP) is 1.89. The largest absolute Gasteiger partial charge is 0.378 e. The number of nitrogens with one attached hydrogen (secondary N) is 1. The number of anilines is 2. The van der Waals surface area contributed by atoms with E-state index < -0.39 is 5.54 Å². The van der Waals surface area contributed by atoms with Crippen LogP contribution in [0, 0.1) is 0 Å². The van der Waals surface area contributed by atoms with Crippen LogP contribution in [0.2, 0.25) is 0 Å². The summed E-state index contributed by atoms with van der Waals surface area (Å²) in [7, 11) is 1.96. The molecule has 3 nitrogen and oxygen atoms in total. The Labute approximate surface area is 90.1 Å². The average molecular weight is 204 g/mol. The Kier molecular flexibility index (Phi) is 2.18. The van der Waals surface area contributed by atoms with Crippen LogP contribution in [-0.4, -0.2) is 24.9 Å². The third-order valence-corrected chi connectivity index (χ3v) is 3.48. The predicted molar refractivity (Wildman–Crippen MR) is 62.4 cm³/mol. The summed E-state index contributed by atoms with van der Waals surface area (Å²) in [6.07, 6.45) is 1.01. The molecular weight excluding hydrogens is 188 g/mol. The number of benzene rings is 1. The van der Waals surface area contributed by atoms with Gasteiger partial charge in [0, 0.05) is 7.05 Å². The van der Waals surface area contributed by atoms with Gasteiger partial charge in [0.2, 0.25) is 0 Å². The van der Waals surface area contributed by atoms with E-state index in [0.717, 1.165) is 17.7 Å². The highest BCUT2D eigenvalue weighted by atomic mass is 16.1. The molecular formula is C12H16N2O. The molecule has 0 aromatic heterocycles. The highest BCUT2D eigenvalue weighted by Gasteiger charge is 2.39. The molecule has 2 atom stereocenters. The van der Waals surface area contributed by atoms with E-state index in [1.165, 1.54) is 0 Å². The van der Waals surface area contributed by atoms with Crippen molar-refractivity contribution < 1.29 is 4.79 Å². The van der Waals surface area contributed by atoms with Crippen LogP contribution in [0.15, 0.2) is 24.3 Å². The van der Waals surface area contributed by atoms with Gasteiger partial charge >= 0.3 is 0 Å². The van der Waals surface area contributed by atoms with Crippen molar-refractivity contribution in [1.29, 1.82) is 0 Å². The number of rotatable bonds is 1. The van der Waals surface area contributed by atoms with Crippen molar-refractivity contribution >= 4 is 17.7 Å². The molecule has 0 spiro atoms. The Hall–Kier alpha value is -1.51. The SMILES string of the molecule is CC1Nc2ccccc2N(C)C1(C)C=O. The summed E-state index contributed by atoms with van der Waals surface area (Å²) in [6, 6.07) is 8.14. The van der Waals surface area contributed by atoms with E-state index >= 15 is 0 Å². The van der Waals surface area contributed by atoms with E-state index in [0.29, 0.717) is 0 Å². The number of likely N-dealkylation sites (N-methyl/N-ethyl adjacent to an activating group) is 1. The fourth-order valence-electron chi connectivity index (χ4n) is 2.00. The third kappa shape index (κ3) is 1.30. The quantitative estimate of drug-likeness (QED) is 0.709. The molecule has 0 fully saturated rings. The van der Waals surface area contributed by atoms with Crippen molar-refractivity contribution in [3.05, 3.63) is 24.3 Å². The molecule has 1 aliphatic heterocycles. The summed E-state index contributed by atoms with van der Waals surface area (Å²) in [5.74, 6) is 0. The molecule has 1 heterocycles. The molecule has 0 amide bonds. The number of hydrogen-bond acceptors (Lipinski definition) is 3. The number of carbonyl (C=O) groups excluding carboxylic acids is 1. The maximum absolute atomic E-state index is 11.2. The monoisotopic (exact) mass is 204 g/mol. The van der Waals surface area contributed by atoms with Crippen LogP contribution in [0.1, 0.15) is 13.8 Å². The van der Waals surface area contributed by atoms with Gasteiger partial charge < -0.3 is 15.0 Å². The van der Waals surface area contributed by atoms with E-state index in [1.807, 2.05) is 50.1 Å². The second-order valence-electron chi connectivity index (χ2n) is 4.29. The lowest BCUT2D eigenvalue weighted by Gasteiger charge is -2.46. The van der Waals surface area contributed by atoms with Gasteiger partial charge in [-0.25, -0.2) is 0 Å². The van der Waals surface area contributed by atoms with Crippen molar-refractivity contribution in [2.75, 3.05) is 17.3 Å². The first-order valence-corrected chi connectivity index (χ1v) is 5.15. The standard InChI is InChI=1S/C12H16N2O/c1-9-12(2,8-15)14(3)11-7-5-4-6-10(11)13-9/h4-9,13H,1-3H3. The molecule has 0 saturated heterocycles. The van der Waals surface area contributed by atoms with Gasteiger partial charge in [0.1, 0.15) is 11.8 Å². The minimum atomic E-state index is -0.478. The fourth-order valence-corrected chi connectivity index (χ4v) is 2.00. The minimum Gasteiger partial charge on any atom is -0.378 e. The Bertz CT molecular complexity index is 391. The number of hydrogen-bond donors (Lipinski definition) is 1. The number of carbonyl (C=O) groups is 1. The lowest BCUT2D eigenvalue weighted by molar-refractivity contribution is -0.112. The number of aldehydes is 1. The maximum atomic E-state index is 11.2.